The number of hydrogen-bond donors (Lipinski definition) is 2. The number of anilines is 3. The van der Waals surface area contributed by atoms with Crippen molar-refractivity contribution in [2.75, 3.05) is 41.7 Å². The fourth-order valence-corrected chi connectivity index (χ4v) is 4.97. The first-order valence-electron chi connectivity index (χ1n) is 15.2. The number of nitrogens with one attached hydrogen (secondary N) is 2. The van der Waals surface area contributed by atoms with Gasteiger partial charge in [-0.2, -0.15) is 0 Å². The van der Waals surface area contributed by atoms with E-state index in [2.05, 4.69) is 20.5 Å². The zero-order valence-corrected chi connectivity index (χ0v) is 27.1. The van der Waals surface area contributed by atoms with E-state index >= 15 is 0 Å². The maximum Gasteiger partial charge on any atom is 0.412 e. The number of pyridine rings is 2. The van der Waals surface area contributed by atoms with Crippen LogP contribution in [0, 0.1) is 0 Å². The van der Waals surface area contributed by atoms with Crippen molar-refractivity contribution in [3.8, 4) is 11.1 Å². The maximum absolute atomic E-state index is 13.5. The third kappa shape index (κ3) is 8.29. The molecule has 0 spiro atoms. The highest BCUT2D eigenvalue weighted by atomic mass is 16.6. The second-order valence-corrected chi connectivity index (χ2v) is 13.1. The smallest absolute Gasteiger partial charge is 0.412 e. The Labute approximate surface area is 268 Å². The SMILES string of the molecule is CC(C)(C)OC(=O)Nc1ccc(-c2ccncc2)cc1NC(=O)c1ccc2nc(N3CCN(C(=O)OC(C)(C)C)CC3)ccc2c1. The largest absolute Gasteiger partial charge is 0.444 e. The highest BCUT2D eigenvalue weighted by molar-refractivity contribution is 6.09. The van der Waals surface area contributed by atoms with Crippen LogP contribution in [-0.4, -0.2) is 70.3 Å². The Hall–Kier alpha value is -5.19. The average Bonchev–Trinajstić information content (AvgIpc) is 3.00. The number of fused-ring (bicyclic) bond motifs is 1. The van der Waals surface area contributed by atoms with Crippen LogP contribution < -0.4 is 15.5 Å². The van der Waals surface area contributed by atoms with Gasteiger partial charge in [-0.05, 0) is 107 Å². The number of amides is 3. The number of carbonyl (C=O) groups is 3. The molecule has 0 radical (unpaired) electrons. The molecule has 5 rings (SSSR count). The molecule has 1 aliphatic rings. The molecule has 0 saturated carbocycles. The second kappa shape index (κ2) is 13.0. The molecule has 2 aromatic carbocycles. The molecule has 2 N–H and O–H groups in total. The van der Waals surface area contributed by atoms with Crippen LogP contribution in [0.5, 0.6) is 0 Å². The molecule has 3 heterocycles. The Morgan fingerprint density at radius 3 is 2.09 bits per heavy atom. The van der Waals surface area contributed by atoms with Crippen LogP contribution in [0.25, 0.3) is 22.0 Å². The summed E-state index contributed by atoms with van der Waals surface area (Å²) in [6.07, 6.45) is 2.46. The summed E-state index contributed by atoms with van der Waals surface area (Å²) in [5, 5.41) is 6.53. The summed E-state index contributed by atoms with van der Waals surface area (Å²) in [6, 6.07) is 18.3. The molecule has 1 aliphatic heterocycles. The van der Waals surface area contributed by atoms with Crippen LogP contribution in [0.2, 0.25) is 0 Å². The minimum absolute atomic E-state index is 0.304. The van der Waals surface area contributed by atoms with Crippen LogP contribution in [0.15, 0.2) is 73.1 Å². The van der Waals surface area contributed by atoms with Crippen molar-refractivity contribution in [2.45, 2.75) is 52.7 Å². The lowest BCUT2D eigenvalue weighted by molar-refractivity contribution is 0.0240. The third-order valence-corrected chi connectivity index (χ3v) is 7.11. The number of ether oxygens (including phenoxy) is 2. The lowest BCUT2D eigenvalue weighted by atomic mass is 10.0. The van der Waals surface area contributed by atoms with Crippen molar-refractivity contribution >= 4 is 46.2 Å². The molecular formula is C35H40N6O5. The molecule has 4 aromatic rings. The molecule has 11 heteroatoms. The Kier molecular flexibility index (Phi) is 9.13. The van der Waals surface area contributed by atoms with Gasteiger partial charge in [-0.15, -0.1) is 0 Å². The highest BCUT2D eigenvalue weighted by Crippen LogP contribution is 2.30. The number of hydrogen-bond acceptors (Lipinski definition) is 8. The van der Waals surface area contributed by atoms with Crippen molar-refractivity contribution in [1.82, 2.24) is 14.9 Å². The van der Waals surface area contributed by atoms with Crippen molar-refractivity contribution < 1.29 is 23.9 Å². The van der Waals surface area contributed by atoms with Crippen LogP contribution in [0.1, 0.15) is 51.9 Å². The lowest BCUT2D eigenvalue weighted by Gasteiger charge is -2.36. The van der Waals surface area contributed by atoms with Gasteiger partial charge in [-0.3, -0.25) is 15.1 Å². The van der Waals surface area contributed by atoms with E-state index in [4.69, 9.17) is 14.5 Å². The topological polar surface area (TPSA) is 126 Å². The Morgan fingerprint density at radius 1 is 0.717 bits per heavy atom. The van der Waals surface area contributed by atoms with Crippen molar-refractivity contribution in [3.05, 3.63) is 78.6 Å². The molecule has 46 heavy (non-hydrogen) atoms. The minimum atomic E-state index is -0.683. The summed E-state index contributed by atoms with van der Waals surface area (Å²) in [5.41, 5.74) is 2.54. The summed E-state index contributed by atoms with van der Waals surface area (Å²) in [5.74, 6) is 0.461. The molecule has 1 fully saturated rings. The van der Waals surface area contributed by atoms with Gasteiger partial charge in [0.1, 0.15) is 17.0 Å². The minimum Gasteiger partial charge on any atom is -0.444 e. The van der Waals surface area contributed by atoms with Gasteiger partial charge in [0.15, 0.2) is 0 Å². The van der Waals surface area contributed by atoms with Gasteiger partial charge < -0.3 is 24.6 Å². The van der Waals surface area contributed by atoms with Gasteiger partial charge in [0.05, 0.1) is 16.9 Å². The number of benzene rings is 2. The van der Waals surface area contributed by atoms with Crippen molar-refractivity contribution in [1.29, 1.82) is 0 Å². The van der Waals surface area contributed by atoms with Crippen LogP contribution >= 0.6 is 0 Å². The van der Waals surface area contributed by atoms with E-state index in [0.717, 1.165) is 27.8 Å². The third-order valence-electron chi connectivity index (χ3n) is 7.11. The van der Waals surface area contributed by atoms with E-state index in [1.807, 2.05) is 57.2 Å². The summed E-state index contributed by atoms with van der Waals surface area (Å²) < 4.78 is 10.9. The van der Waals surface area contributed by atoms with E-state index in [1.165, 1.54) is 0 Å². The van der Waals surface area contributed by atoms with E-state index in [0.29, 0.717) is 43.1 Å². The number of piperazine rings is 1. The molecule has 0 aliphatic carbocycles. The average molecular weight is 625 g/mol. The van der Waals surface area contributed by atoms with Crippen LogP contribution in [0.3, 0.4) is 0 Å². The molecular weight excluding hydrogens is 584 g/mol. The van der Waals surface area contributed by atoms with Crippen molar-refractivity contribution in [2.24, 2.45) is 0 Å². The molecule has 1 saturated heterocycles. The quantitative estimate of drug-likeness (QED) is 0.244. The standard InChI is InChI=1S/C35H40N6O5/c1-34(2,3)45-32(43)39-28-11-7-24(23-13-15-36-16-14-23)22-29(28)38-31(42)26-8-10-27-25(21-26)9-12-30(37-27)40-17-19-41(20-18-40)33(44)46-35(4,5)6/h7-16,21-22H,17-20H2,1-6H3,(H,38,42)(H,39,43). The first kappa shape index (κ1) is 32.2. The first-order chi connectivity index (χ1) is 21.7. The normalized spacial score (nSPS) is 13.7. The van der Waals surface area contributed by atoms with Gasteiger partial charge in [-0.1, -0.05) is 6.07 Å². The van der Waals surface area contributed by atoms with Gasteiger partial charge in [0.25, 0.3) is 5.91 Å². The predicted octanol–water partition coefficient (Wildman–Crippen LogP) is 6.95. The monoisotopic (exact) mass is 624 g/mol. The zero-order chi connectivity index (χ0) is 33.1. The fraction of sp³-hybridized carbons (Fsp3) is 0.343. The lowest BCUT2D eigenvalue weighted by Crippen LogP contribution is -2.50. The van der Waals surface area contributed by atoms with Gasteiger partial charge >= 0.3 is 12.2 Å². The summed E-state index contributed by atoms with van der Waals surface area (Å²) in [6.45, 7) is 13.3. The molecule has 0 atom stereocenters. The van der Waals surface area contributed by atoms with E-state index in [1.54, 1.807) is 62.3 Å². The first-order valence-corrected chi connectivity index (χ1v) is 15.2. The Bertz CT molecular complexity index is 1740. The highest BCUT2D eigenvalue weighted by Gasteiger charge is 2.26. The van der Waals surface area contributed by atoms with E-state index < -0.39 is 17.3 Å². The number of rotatable bonds is 5. The number of aromatic nitrogens is 2. The molecule has 240 valence electrons. The summed E-state index contributed by atoms with van der Waals surface area (Å²) in [7, 11) is 0. The zero-order valence-electron chi connectivity index (χ0n) is 27.1. The van der Waals surface area contributed by atoms with Gasteiger partial charge in [-0.25, -0.2) is 14.6 Å². The van der Waals surface area contributed by atoms with Crippen LogP contribution in [0.4, 0.5) is 26.8 Å². The summed E-state index contributed by atoms with van der Waals surface area (Å²) >= 11 is 0. The van der Waals surface area contributed by atoms with Gasteiger partial charge in [0.2, 0.25) is 0 Å². The Morgan fingerprint density at radius 2 is 1.41 bits per heavy atom. The molecule has 0 unspecified atom stereocenters. The van der Waals surface area contributed by atoms with E-state index in [9.17, 15) is 14.4 Å². The van der Waals surface area contributed by atoms with Gasteiger partial charge in [0, 0.05) is 49.5 Å². The molecule has 11 nitrogen and oxygen atoms in total. The van der Waals surface area contributed by atoms with Crippen LogP contribution in [-0.2, 0) is 9.47 Å². The molecule has 0 bridgehead atoms. The fourth-order valence-electron chi connectivity index (χ4n) is 4.97. The second-order valence-electron chi connectivity index (χ2n) is 13.1. The number of carbonyl (C=O) groups excluding carboxylic acids is 3. The molecule has 3 amide bonds. The Balaban J connectivity index is 1.32. The molecule has 2 aromatic heterocycles. The summed E-state index contributed by atoms with van der Waals surface area (Å²) in [4.78, 5) is 51.3. The van der Waals surface area contributed by atoms with E-state index in [-0.39, 0.29) is 12.0 Å². The number of nitrogens with zero attached hydrogens (tertiary/aromatic N) is 4. The van der Waals surface area contributed by atoms with Crippen molar-refractivity contribution in [3.63, 3.8) is 0 Å². The predicted molar refractivity (Wildman–Crippen MR) is 179 cm³/mol. The maximum atomic E-state index is 13.5.